The van der Waals surface area contributed by atoms with Gasteiger partial charge in [0.15, 0.2) is 0 Å². The Balaban J connectivity index is 1.63. The van der Waals surface area contributed by atoms with Crippen molar-refractivity contribution in [1.82, 2.24) is 20.8 Å². The second-order valence-corrected chi connectivity index (χ2v) is 7.28. The van der Waals surface area contributed by atoms with Crippen molar-refractivity contribution in [2.75, 3.05) is 18.0 Å². The lowest BCUT2D eigenvalue weighted by Gasteiger charge is -2.19. The molecule has 2 amide bonds. The van der Waals surface area contributed by atoms with Crippen LogP contribution < -0.4 is 15.8 Å². The van der Waals surface area contributed by atoms with E-state index in [0.717, 1.165) is 29.5 Å². The highest BCUT2D eigenvalue weighted by Gasteiger charge is 2.17. The summed E-state index contributed by atoms with van der Waals surface area (Å²) in [5, 5.41) is 0.760. The van der Waals surface area contributed by atoms with Gasteiger partial charge in [0.2, 0.25) is 0 Å². The molecule has 0 aliphatic carbocycles. The SMILES string of the molecule is CCN(CC)c1ccc(C(=O)NNC(=O)c2sc(-c3ccccc3)nc2C)cn1. The fourth-order valence-electron chi connectivity index (χ4n) is 2.81. The second kappa shape index (κ2) is 9.29. The van der Waals surface area contributed by atoms with E-state index in [2.05, 4.69) is 25.7 Å². The lowest BCUT2D eigenvalue weighted by molar-refractivity contribution is 0.0848. The van der Waals surface area contributed by atoms with Crippen LogP contribution in [0, 0.1) is 6.92 Å². The normalized spacial score (nSPS) is 10.4. The third-order valence-electron chi connectivity index (χ3n) is 4.41. The smallest absolute Gasteiger partial charge is 0.281 e. The highest BCUT2D eigenvalue weighted by atomic mass is 32.1. The molecule has 0 fully saturated rings. The van der Waals surface area contributed by atoms with Gasteiger partial charge in [-0.3, -0.25) is 20.4 Å². The van der Waals surface area contributed by atoms with Gasteiger partial charge in [0.05, 0.1) is 11.3 Å². The van der Waals surface area contributed by atoms with Crippen molar-refractivity contribution >= 4 is 29.0 Å². The molecule has 0 saturated carbocycles. The zero-order chi connectivity index (χ0) is 20.8. The Labute approximate surface area is 173 Å². The number of aryl methyl sites for hydroxylation is 1. The average molecular weight is 410 g/mol. The molecule has 29 heavy (non-hydrogen) atoms. The van der Waals surface area contributed by atoms with Gasteiger partial charge in [-0.15, -0.1) is 11.3 Å². The van der Waals surface area contributed by atoms with Crippen molar-refractivity contribution in [2.45, 2.75) is 20.8 Å². The minimum Gasteiger partial charge on any atom is -0.357 e. The fourth-order valence-corrected chi connectivity index (χ4v) is 3.78. The van der Waals surface area contributed by atoms with Crippen LogP contribution in [-0.4, -0.2) is 34.9 Å². The van der Waals surface area contributed by atoms with Crippen molar-refractivity contribution in [3.63, 3.8) is 0 Å². The Hall–Kier alpha value is -3.26. The van der Waals surface area contributed by atoms with E-state index in [1.807, 2.05) is 44.2 Å². The van der Waals surface area contributed by atoms with E-state index in [1.54, 1.807) is 19.1 Å². The van der Waals surface area contributed by atoms with Crippen molar-refractivity contribution in [2.24, 2.45) is 0 Å². The molecule has 2 heterocycles. The molecule has 0 spiro atoms. The highest BCUT2D eigenvalue weighted by molar-refractivity contribution is 7.17. The second-order valence-electron chi connectivity index (χ2n) is 6.29. The van der Waals surface area contributed by atoms with E-state index < -0.39 is 11.8 Å². The number of nitrogens with zero attached hydrogens (tertiary/aromatic N) is 3. The van der Waals surface area contributed by atoms with Crippen LogP contribution in [0.25, 0.3) is 10.6 Å². The van der Waals surface area contributed by atoms with Gasteiger partial charge in [-0.05, 0) is 32.9 Å². The zero-order valence-corrected chi connectivity index (χ0v) is 17.4. The quantitative estimate of drug-likeness (QED) is 0.609. The zero-order valence-electron chi connectivity index (χ0n) is 16.6. The number of aromatic nitrogens is 2. The molecule has 0 saturated heterocycles. The minimum absolute atomic E-state index is 0.368. The van der Waals surface area contributed by atoms with E-state index in [4.69, 9.17) is 0 Å². The lowest BCUT2D eigenvalue weighted by Crippen LogP contribution is -2.41. The first-order valence-corrected chi connectivity index (χ1v) is 10.2. The molecule has 2 aromatic heterocycles. The lowest BCUT2D eigenvalue weighted by atomic mass is 10.2. The van der Waals surface area contributed by atoms with Crippen LogP contribution in [0.3, 0.4) is 0 Å². The summed E-state index contributed by atoms with van der Waals surface area (Å²) in [4.78, 5) is 36.1. The number of amides is 2. The molecule has 1 aromatic carbocycles. The highest BCUT2D eigenvalue weighted by Crippen LogP contribution is 2.27. The number of thiazole rings is 1. The van der Waals surface area contributed by atoms with Crippen LogP contribution in [0.2, 0.25) is 0 Å². The number of carbonyl (C=O) groups is 2. The molecule has 150 valence electrons. The number of hydrogen-bond acceptors (Lipinski definition) is 6. The summed E-state index contributed by atoms with van der Waals surface area (Å²) in [6.07, 6.45) is 1.50. The Kier molecular flexibility index (Phi) is 6.56. The van der Waals surface area contributed by atoms with E-state index >= 15 is 0 Å². The number of hydrazine groups is 1. The van der Waals surface area contributed by atoms with Crippen LogP contribution in [0.4, 0.5) is 5.82 Å². The van der Waals surface area contributed by atoms with Crippen molar-refractivity contribution < 1.29 is 9.59 Å². The van der Waals surface area contributed by atoms with Gasteiger partial charge < -0.3 is 4.90 Å². The molecule has 3 aromatic rings. The van der Waals surface area contributed by atoms with Crippen LogP contribution >= 0.6 is 11.3 Å². The summed E-state index contributed by atoms with van der Waals surface area (Å²) in [6.45, 7) is 7.54. The molecule has 0 atom stereocenters. The maximum absolute atomic E-state index is 12.5. The van der Waals surface area contributed by atoms with Gasteiger partial charge in [-0.2, -0.15) is 0 Å². The van der Waals surface area contributed by atoms with Crippen LogP contribution in [0.1, 0.15) is 39.6 Å². The fraction of sp³-hybridized carbons (Fsp3) is 0.238. The van der Waals surface area contributed by atoms with Gasteiger partial charge >= 0.3 is 0 Å². The summed E-state index contributed by atoms with van der Waals surface area (Å²) >= 11 is 1.29. The molecular formula is C21H23N5O2S. The first kappa shape index (κ1) is 20.5. The van der Waals surface area contributed by atoms with Crippen LogP contribution in [0.5, 0.6) is 0 Å². The summed E-state index contributed by atoms with van der Waals surface area (Å²) < 4.78 is 0. The minimum atomic E-state index is -0.428. The molecular weight excluding hydrogens is 386 g/mol. The van der Waals surface area contributed by atoms with Gasteiger partial charge in [0.25, 0.3) is 11.8 Å². The van der Waals surface area contributed by atoms with Crippen molar-refractivity contribution in [3.05, 3.63) is 64.8 Å². The van der Waals surface area contributed by atoms with Gasteiger partial charge in [-0.1, -0.05) is 30.3 Å². The van der Waals surface area contributed by atoms with E-state index in [1.165, 1.54) is 17.5 Å². The van der Waals surface area contributed by atoms with Crippen LogP contribution in [-0.2, 0) is 0 Å². The van der Waals surface area contributed by atoms with Crippen LogP contribution in [0.15, 0.2) is 48.7 Å². The van der Waals surface area contributed by atoms with E-state index in [9.17, 15) is 9.59 Å². The Morgan fingerprint density at radius 1 is 1.00 bits per heavy atom. The molecule has 7 nitrogen and oxygen atoms in total. The summed E-state index contributed by atoms with van der Waals surface area (Å²) in [5.74, 6) is -0.0186. The van der Waals surface area contributed by atoms with E-state index in [-0.39, 0.29) is 0 Å². The first-order valence-electron chi connectivity index (χ1n) is 9.38. The average Bonchev–Trinajstić information content (AvgIpc) is 3.15. The number of benzene rings is 1. The number of nitrogens with one attached hydrogen (secondary N) is 2. The maximum Gasteiger partial charge on any atom is 0.281 e. The molecule has 2 N–H and O–H groups in total. The molecule has 0 aliphatic heterocycles. The summed E-state index contributed by atoms with van der Waals surface area (Å²) in [7, 11) is 0. The Bertz CT molecular complexity index is 982. The Morgan fingerprint density at radius 2 is 1.69 bits per heavy atom. The van der Waals surface area contributed by atoms with Gasteiger partial charge in [0, 0.05) is 24.8 Å². The standard InChI is InChI=1S/C21H23N5O2S/c1-4-26(5-2)17-12-11-16(13-22-17)19(27)24-25-20(28)18-14(3)23-21(29-18)15-9-7-6-8-10-15/h6-13H,4-5H2,1-3H3,(H,24,27)(H,25,28). The third kappa shape index (κ3) is 4.78. The van der Waals surface area contributed by atoms with Gasteiger partial charge in [-0.25, -0.2) is 9.97 Å². The predicted octanol–water partition coefficient (Wildman–Crippen LogP) is 3.43. The molecule has 0 bridgehead atoms. The predicted molar refractivity (Wildman–Crippen MR) is 115 cm³/mol. The monoisotopic (exact) mass is 409 g/mol. The van der Waals surface area contributed by atoms with Crippen molar-refractivity contribution in [3.8, 4) is 10.6 Å². The molecule has 3 rings (SSSR count). The number of carbonyl (C=O) groups excluding carboxylic acids is 2. The molecule has 0 unspecified atom stereocenters. The van der Waals surface area contributed by atoms with Gasteiger partial charge in [0.1, 0.15) is 15.7 Å². The summed E-state index contributed by atoms with van der Waals surface area (Å²) in [6, 6.07) is 13.1. The number of hydrogen-bond donors (Lipinski definition) is 2. The number of pyridine rings is 1. The topological polar surface area (TPSA) is 87.2 Å². The molecule has 0 radical (unpaired) electrons. The summed E-state index contributed by atoms with van der Waals surface area (Å²) in [5.41, 5.74) is 6.82. The number of rotatable bonds is 6. The Morgan fingerprint density at radius 3 is 2.31 bits per heavy atom. The number of anilines is 1. The molecule has 0 aliphatic rings. The van der Waals surface area contributed by atoms with Crippen molar-refractivity contribution in [1.29, 1.82) is 0 Å². The third-order valence-corrected chi connectivity index (χ3v) is 5.62. The largest absolute Gasteiger partial charge is 0.357 e. The first-order chi connectivity index (χ1) is 14.0. The van der Waals surface area contributed by atoms with E-state index in [0.29, 0.717) is 16.1 Å². The maximum atomic E-state index is 12.5. The molecule has 8 heteroatoms.